The standard InChI is InChI=1S/C8H6BrNO/c9-7-3-1-6(2-4-7)8(11)5-10/h1-5,10H. The summed E-state index contributed by atoms with van der Waals surface area (Å²) in [7, 11) is 0. The topological polar surface area (TPSA) is 40.9 Å². The lowest BCUT2D eigenvalue weighted by Gasteiger charge is -1.93. The first kappa shape index (κ1) is 8.14. The van der Waals surface area contributed by atoms with Crippen LogP contribution in [0.15, 0.2) is 28.7 Å². The van der Waals surface area contributed by atoms with E-state index in [1.54, 1.807) is 24.3 Å². The van der Waals surface area contributed by atoms with E-state index in [4.69, 9.17) is 5.41 Å². The van der Waals surface area contributed by atoms with E-state index in [0.717, 1.165) is 10.7 Å². The van der Waals surface area contributed by atoms with Crippen molar-refractivity contribution in [3.63, 3.8) is 0 Å². The molecule has 0 fully saturated rings. The Morgan fingerprint density at radius 3 is 2.36 bits per heavy atom. The van der Waals surface area contributed by atoms with E-state index in [1.807, 2.05) is 0 Å². The van der Waals surface area contributed by atoms with Crippen LogP contribution in [0.1, 0.15) is 10.4 Å². The van der Waals surface area contributed by atoms with Crippen LogP contribution in [0.2, 0.25) is 0 Å². The first-order chi connectivity index (χ1) is 5.24. The lowest BCUT2D eigenvalue weighted by molar-refractivity contribution is 0.107. The lowest BCUT2D eigenvalue weighted by atomic mass is 10.1. The fourth-order valence-electron chi connectivity index (χ4n) is 0.697. The molecule has 0 aromatic heterocycles. The Bertz CT molecular complexity index is 279. The summed E-state index contributed by atoms with van der Waals surface area (Å²) in [6.07, 6.45) is 0.809. The number of rotatable bonds is 2. The highest BCUT2D eigenvalue weighted by Gasteiger charge is 1.99. The van der Waals surface area contributed by atoms with Crippen molar-refractivity contribution in [1.82, 2.24) is 0 Å². The summed E-state index contributed by atoms with van der Waals surface area (Å²) in [5.41, 5.74) is 0.545. The van der Waals surface area contributed by atoms with Crippen LogP contribution in [-0.2, 0) is 0 Å². The van der Waals surface area contributed by atoms with Crippen molar-refractivity contribution in [1.29, 1.82) is 5.41 Å². The summed E-state index contributed by atoms with van der Waals surface area (Å²) in [6, 6.07) is 6.91. The molecule has 11 heavy (non-hydrogen) atoms. The number of nitrogens with one attached hydrogen (secondary N) is 1. The van der Waals surface area contributed by atoms with Crippen molar-refractivity contribution in [2.75, 3.05) is 0 Å². The third-order valence-corrected chi connectivity index (χ3v) is 1.79. The molecule has 0 bridgehead atoms. The van der Waals surface area contributed by atoms with E-state index in [2.05, 4.69) is 15.9 Å². The van der Waals surface area contributed by atoms with Crippen LogP contribution in [-0.4, -0.2) is 12.0 Å². The van der Waals surface area contributed by atoms with Crippen molar-refractivity contribution in [3.8, 4) is 0 Å². The van der Waals surface area contributed by atoms with Gasteiger partial charge in [0, 0.05) is 10.0 Å². The first-order valence-corrected chi connectivity index (χ1v) is 3.83. The van der Waals surface area contributed by atoms with Crippen molar-refractivity contribution in [3.05, 3.63) is 34.3 Å². The molecule has 0 aliphatic heterocycles. The Morgan fingerprint density at radius 1 is 1.36 bits per heavy atom. The zero-order valence-electron chi connectivity index (χ0n) is 5.67. The van der Waals surface area contributed by atoms with Gasteiger partial charge in [0.1, 0.15) is 0 Å². The molecule has 1 rings (SSSR count). The molecule has 56 valence electrons. The monoisotopic (exact) mass is 211 g/mol. The van der Waals surface area contributed by atoms with Gasteiger partial charge in [0.25, 0.3) is 0 Å². The van der Waals surface area contributed by atoms with Crippen LogP contribution >= 0.6 is 15.9 Å². The zero-order chi connectivity index (χ0) is 8.27. The number of carbonyl (C=O) groups is 1. The molecule has 2 nitrogen and oxygen atoms in total. The molecule has 0 saturated heterocycles. The first-order valence-electron chi connectivity index (χ1n) is 3.04. The molecule has 0 unspecified atom stereocenters. The minimum atomic E-state index is -0.266. The smallest absolute Gasteiger partial charge is 0.203 e. The van der Waals surface area contributed by atoms with Gasteiger partial charge in [-0.2, -0.15) is 0 Å². The van der Waals surface area contributed by atoms with Gasteiger partial charge >= 0.3 is 0 Å². The number of hydrogen-bond donors (Lipinski definition) is 1. The predicted molar refractivity (Wildman–Crippen MR) is 47.3 cm³/mol. The van der Waals surface area contributed by atoms with E-state index >= 15 is 0 Å². The van der Waals surface area contributed by atoms with Gasteiger partial charge in [-0.3, -0.25) is 4.79 Å². The van der Waals surface area contributed by atoms with Crippen molar-refractivity contribution in [2.45, 2.75) is 0 Å². The van der Waals surface area contributed by atoms with E-state index in [9.17, 15) is 4.79 Å². The Kier molecular flexibility index (Phi) is 2.54. The SMILES string of the molecule is N=CC(=O)c1ccc(Br)cc1. The molecule has 0 heterocycles. The largest absolute Gasteiger partial charge is 0.305 e. The molecular weight excluding hydrogens is 206 g/mol. The van der Waals surface area contributed by atoms with Gasteiger partial charge in [-0.15, -0.1) is 0 Å². The minimum absolute atomic E-state index is 0.266. The molecule has 0 aliphatic rings. The van der Waals surface area contributed by atoms with Gasteiger partial charge in [-0.25, -0.2) is 0 Å². The summed E-state index contributed by atoms with van der Waals surface area (Å²) in [4.78, 5) is 10.9. The van der Waals surface area contributed by atoms with E-state index < -0.39 is 0 Å². The highest BCUT2D eigenvalue weighted by Crippen LogP contribution is 2.10. The summed E-state index contributed by atoms with van der Waals surface area (Å²) < 4.78 is 0.930. The lowest BCUT2D eigenvalue weighted by Crippen LogP contribution is -1.97. The van der Waals surface area contributed by atoms with Crippen LogP contribution in [0.5, 0.6) is 0 Å². The van der Waals surface area contributed by atoms with Gasteiger partial charge < -0.3 is 5.41 Å². The molecule has 0 saturated carbocycles. The Balaban J connectivity index is 2.98. The van der Waals surface area contributed by atoms with Crippen LogP contribution < -0.4 is 0 Å². The second-order valence-corrected chi connectivity index (χ2v) is 2.93. The highest BCUT2D eigenvalue weighted by molar-refractivity contribution is 9.10. The maximum atomic E-state index is 10.9. The van der Waals surface area contributed by atoms with Crippen molar-refractivity contribution in [2.24, 2.45) is 0 Å². The van der Waals surface area contributed by atoms with Crippen LogP contribution in [0.4, 0.5) is 0 Å². The third-order valence-electron chi connectivity index (χ3n) is 1.26. The maximum Gasteiger partial charge on any atom is 0.203 e. The number of benzene rings is 1. The predicted octanol–water partition coefficient (Wildman–Crippen LogP) is 2.28. The Hall–Kier alpha value is -0.960. The van der Waals surface area contributed by atoms with Crippen molar-refractivity contribution < 1.29 is 4.79 Å². The third kappa shape index (κ3) is 1.98. The average Bonchev–Trinajstić information content (AvgIpc) is 2.05. The van der Waals surface area contributed by atoms with E-state index in [-0.39, 0.29) is 5.78 Å². The molecule has 0 spiro atoms. The van der Waals surface area contributed by atoms with Crippen LogP contribution in [0.25, 0.3) is 0 Å². The number of Topliss-reactive ketones (excluding diaryl/α,β-unsaturated/α-hetero) is 1. The van der Waals surface area contributed by atoms with E-state index in [1.165, 1.54) is 0 Å². The Morgan fingerprint density at radius 2 is 1.91 bits per heavy atom. The molecule has 0 aliphatic carbocycles. The second-order valence-electron chi connectivity index (χ2n) is 2.02. The van der Waals surface area contributed by atoms with Crippen LogP contribution in [0.3, 0.4) is 0 Å². The van der Waals surface area contributed by atoms with Gasteiger partial charge in [-0.1, -0.05) is 15.9 Å². The number of ketones is 1. The summed E-state index contributed by atoms with van der Waals surface area (Å²) in [5, 5.41) is 6.71. The summed E-state index contributed by atoms with van der Waals surface area (Å²) >= 11 is 3.25. The number of hydrogen-bond acceptors (Lipinski definition) is 2. The molecule has 1 aromatic rings. The maximum absolute atomic E-state index is 10.9. The van der Waals surface area contributed by atoms with Gasteiger partial charge in [0.05, 0.1) is 6.21 Å². The van der Waals surface area contributed by atoms with Gasteiger partial charge in [0.2, 0.25) is 5.78 Å². The minimum Gasteiger partial charge on any atom is -0.305 e. The fourth-order valence-corrected chi connectivity index (χ4v) is 0.962. The number of halogens is 1. The fraction of sp³-hybridized carbons (Fsp3) is 0. The van der Waals surface area contributed by atoms with Gasteiger partial charge in [-0.05, 0) is 24.3 Å². The summed E-state index contributed by atoms with van der Waals surface area (Å²) in [5.74, 6) is -0.266. The molecule has 1 aromatic carbocycles. The highest BCUT2D eigenvalue weighted by atomic mass is 79.9. The quantitative estimate of drug-likeness (QED) is 0.592. The Labute approximate surface area is 72.9 Å². The zero-order valence-corrected chi connectivity index (χ0v) is 7.26. The molecule has 0 amide bonds. The van der Waals surface area contributed by atoms with Crippen molar-refractivity contribution >= 4 is 27.9 Å². The summed E-state index contributed by atoms with van der Waals surface area (Å²) in [6.45, 7) is 0. The molecule has 1 N–H and O–H groups in total. The van der Waals surface area contributed by atoms with E-state index in [0.29, 0.717) is 5.56 Å². The van der Waals surface area contributed by atoms with Crippen LogP contribution in [0, 0.1) is 5.41 Å². The normalized spacial score (nSPS) is 9.18. The second kappa shape index (κ2) is 3.44. The van der Waals surface area contributed by atoms with Gasteiger partial charge in [0.15, 0.2) is 0 Å². The molecule has 0 atom stereocenters. The molecule has 0 radical (unpaired) electrons. The molecular formula is C8H6BrNO. The average molecular weight is 212 g/mol. The molecule has 3 heteroatoms. The number of carbonyl (C=O) groups excluding carboxylic acids is 1.